The summed E-state index contributed by atoms with van der Waals surface area (Å²) < 4.78 is 0. The maximum Gasteiger partial charge on any atom is -0.0181 e. The van der Waals surface area contributed by atoms with Crippen molar-refractivity contribution in [1.29, 1.82) is 0 Å². The first-order valence-corrected chi connectivity index (χ1v) is 4.23. The fraction of sp³-hybridized carbons (Fsp3) is 0.167. The van der Waals surface area contributed by atoms with Crippen molar-refractivity contribution in [3.05, 3.63) is 47.5 Å². The van der Waals surface area contributed by atoms with Crippen molar-refractivity contribution < 1.29 is 5.48 Å². The van der Waals surface area contributed by atoms with Gasteiger partial charge in [0.1, 0.15) is 0 Å². The standard InChI is InChI=1S/C12H12.H2O/c1-9-3-5-12-8-10(2)4-6-11(12)7-9;/h3-8H,1-2H3;1H2. The maximum absolute atomic E-state index is 2.22. The van der Waals surface area contributed by atoms with Crippen molar-refractivity contribution in [1.82, 2.24) is 0 Å². The van der Waals surface area contributed by atoms with Crippen LogP contribution in [0, 0.1) is 13.8 Å². The minimum atomic E-state index is 0. The van der Waals surface area contributed by atoms with Crippen molar-refractivity contribution >= 4 is 10.8 Å². The highest BCUT2D eigenvalue weighted by Gasteiger charge is 1.92. The molecule has 0 saturated heterocycles. The van der Waals surface area contributed by atoms with E-state index >= 15 is 0 Å². The van der Waals surface area contributed by atoms with Crippen molar-refractivity contribution in [3.63, 3.8) is 0 Å². The lowest BCUT2D eigenvalue weighted by Crippen LogP contribution is -1.76. The molecule has 0 unspecified atom stereocenters. The summed E-state index contributed by atoms with van der Waals surface area (Å²) >= 11 is 0. The predicted molar refractivity (Wildman–Crippen MR) is 57.0 cm³/mol. The molecule has 2 rings (SSSR count). The summed E-state index contributed by atoms with van der Waals surface area (Å²) in [5.74, 6) is 0. The van der Waals surface area contributed by atoms with E-state index in [1.54, 1.807) is 0 Å². The average Bonchev–Trinajstić information content (AvgIpc) is 2.05. The van der Waals surface area contributed by atoms with Gasteiger partial charge in [0.2, 0.25) is 0 Å². The highest BCUT2D eigenvalue weighted by Crippen LogP contribution is 2.16. The highest BCUT2D eigenvalue weighted by molar-refractivity contribution is 5.83. The zero-order chi connectivity index (χ0) is 8.55. The van der Waals surface area contributed by atoms with Crippen molar-refractivity contribution in [2.45, 2.75) is 13.8 Å². The lowest BCUT2D eigenvalue weighted by molar-refractivity contribution is 0.824. The smallest absolute Gasteiger partial charge is 0.0181 e. The van der Waals surface area contributed by atoms with Crippen molar-refractivity contribution in [3.8, 4) is 0 Å². The fourth-order valence-electron chi connectivity index (χ4n) is 1.48. The second-order valence-electron chi connectivity index (χ2n) is 3.35. The summed E-state index contributed by atoms with van der Waals surface area (Å²) in [5, 5.41) is 2.67. The molecule has 68 valence electrons. The van der Waals surface area contributed by atoms with E-state index in [4.69, 9.17) is 0 Å². The second kappa shape index (κ2) is 3.58. The minimum Gasteiger partial charge on any atom is -0.412 e. The number of hydrogen-bond donors (Lipinski definition) is 0. The molecule has 2 N–H and O–H groups in total. The first kappa shape index (κ1) is 9.75. The molecule has 1 heteroatoms. The average molecular weight is 174 g/mol. The Balaban J connectivity index is 0.000000845. The summed E-state index contributed by atoms with van der Waals surface area (Å²) in [7, 11) is 0. The molecule has 0 aliphatic rings. The molecule has 0 atom stereocenters. The van der Waals surface area contributed by atoms with Gasteiger partial charge in [0.25, 0.3) is 0 Å². The molecule has 0 bridgehead atoms. The van der Waals surface area contributed by atoms with Gasteiger partial charge in [0.05, 0.1) is 0 Å². The third-order valence-electron chi connectivity index (χ3n) is 2.15. The normalized spacial score (nSPS) is 9.69. The summed E-state index contributed by atoms with van der Waals surface area (Å²) in [6.45, 7) is 4.25. The van der Waals surface area contributed by atoms with E-state index in [9.17, 15) is 0 Å². The van der Waals surface area contributed by atoms with Gasteiger partial charge in [-0.1, -0.05) is 47.5 Å². The van der Waals surface area contributed by atoms with E-state index in [-0.39, 0.29) is 5.48 Å². The molecule has 13 heavy (non-hydrogen) atoms. The monoisotopic (exact) mass is 174 g/mol. The Bertz CT molecular complexity index is 377. The van der Waals surface area contributed by atoms with Crippen LogP contribution >= 0.6 is 0 Å². The van der Waals surface area contributed by atoms with Crippen LogP contribution in [0.15, 0.2) is 36.4 Å². The molecule has 2 aromatic rings. The van der Waals surface area contributed by atoms with Gasteiger partial charge in [-0.05, 0) is 24.6 Å². The molecule has 0 amide bonds. The molecule has 0 spiro atoms. The van der Waals surface area contributed by atoms with Crippen LogP contribution in [0.4, 0.5) is 0 Å². The molecule has 0 aromatic heterocycles. The number of fused-ring (bicyclic) bond motifs is 1. The van der Waals surface area contributed by atoms with Crippen LogP contribution in [0.2, 0.25) is 0 Å². The molecule has 0 aliphatic heterocycles. The van der Waals surface area contributed by atoms with Gasteiger partial charge in [-0.3, -0.25) is 0 Å². The number of aryl methyl sites for hydroxylation is 2. The van der Waals surface area contributed by atoms with Gasteiger partial charge >= 0.3 is 0 Å². The van der Waals surface area contributed by atoms with Crippen LogP contribution < -0.4 is 0 Å². The van der Waals surface area contributed by atoms with Gasteiger partial charge in [-0.15, -0.1) is 0 Å². The van der Waals surface area contributed by atoms with Gasteiger partial charge in [0, 0.05) is 0 Å². The fourth-order valence-corrected chi connectivity index (χ4v) is 1.48. The maximum atomic E-state index is 2.22. The Hall–Kier alpha value is -1.34. The molecule has 0 radical (unpaired) electrons. The summed E-state index contributed by atoms with van der Waals surface area (Å²) in [6, 6.07) is 13.1. The molecule has 2 aromatic carbocycles. The zero-order valence-corrected chi connectivity index (χ0v) is 7.96. The minimum absolute atomic E-state index is 0. The van der Waals surface area contributed by atoms with Crippen LogP contribution in [0.3, 0.4) is 0 Å². The van der Waals surface area contributed by atoms with E-state index < -0.39 is 0 Å². The first-order chi connectivity index (χ1) is 5.75. The summed E-state index contributed by atoms with van der Waals surface area (Å²) in [5.41, 5.74) is 2.65. The Labute approximate surface area is 78.3 Å². The topological polar surface area (TPSA) is 31.5 Å². The van der Waals surface area contributed by atoms with Crippen LogP contribution in [0.1, 0.15) is 11.1 Å². The van der Waals surface area contributed by atoms with Crippen LogP contribution in [0.25, 0.3) is 10.8 Å². The van der Waals surface area contributed by atoms with E-state index in [1.165, 1.54) is 21.9 Å². The quantitative estimate of drug-likeness (QED) is 0.588. The molecule has 1 nitrogen and oxygen atoms in total. The first-order valence-electron chi connectivity index (χ1n) is 4.23. The molecular formula is C12H14O. The second-order valence-corrected chi connectivity index (χ2v) is 3.35. The zero-order valence-electron chi connectivity index (χ0n) is 7.96. The van der Waals surface area contributed by atoms with Crippen LogP contribution in [0.5, 0.6) is 0 Å². The number of benzene rings is 2. The Morgan fingerprint density at radius 1 is 0.692 bits per heavy atom. The molecule has 0 heterocycles. The predicted octanol–water partition coefficient (Wildman–Crippen LogP) is 2.63. The Morgan fingerprint density at radius 3 is 1.46 bits per heavy atom. The Kier molecular flexibility index (Phi) is 2.69. The molecule has 0 fully saturated rings. The molecule has 0 aliphatic carbocycles. The third-order valence-corrected chi connectivity index (χ3v) is 2.15. The lowest BCUT2D eigenvalue weighted by Gasteiger charge is -1.99. The lowest BCUT2D eigenvalue weighted by atomic mass is 10.1. The number of hydrogen-bond acceptors (Lipinski definition) is 0. The molecule has 0 saturated carbocycles. The van der Waals surface area contributed by atoms with Crippen LogP contribution in [-0.4, -0.2) is 5.48 Å². The van der Waals surface area contributed by atoms with Crippen molar-refractivity contribution in [2.75, 3.05) is 0 Å². The van der Waals surface area contributed by atoms with Crippen molar-refractivity contribution in [2.24, 2.45) is 0 Å². The Morgan fingerprint density at radius 2 is 1.08 bits per heavy atom. The van der Waals surface area contributed by atoms with E-state index in [1.807, 2.05) is 0 Å². The van der Waals surface area contributed by atoms with Gasteiger partial charge in [-0.2, -0.15) is 0 Å². The summed E-state index contributed by atoms with van der Waals surface area (Å²) in [6.07, 6.45) is 0. The van der Waals surface area contributed by atoms with Gasteiger partial charge in [0.15, 0.2) is 0 Å². The summed E-state index contributed by atoms with van der Waals surface area (Å²) in [4.78, 5) is 0. The largest absolute Gasteiger partial charge is 0.412 e. The number of rotatable bonds is 0. The van der Waals surface area contributed by atoms with E-state index in [0.29, 0.717) is 0 Å². The SMILES string of the molecule is Cc1ccc2cc(C)ccc2c1.O. The van der Waals surface area contributed by atoms with E-state index in [0.717, 1.165) is 0 Å². The van der Waals surface area contributed by atoms with E-state index in [2.05, 4.69) is 50.2 Å². The van der Waals surface area contributed by atoms with Gasteiger partial charge < -0.3 is 5.48 Å². The van der Waals surface area contributed by atoms with Crippen LogP contribution in [-0.2, 0) is 0 Å². The van der Waals surface area contributed by atoms with Gasteiger partial charge in [-0.25, -0.2) is 0 Å². The third kappa shape index (κ3) is 1.87. The highest BCUT2D eigenvalue weighted by atomic mass is 16.0. The molecular weight excluding hydrogens is 160 g/mol.